The average molecular weight is 291 g/mol. The van der Waals surface area contributed by atoms with Gasteiger partial charge in [0.15, 0.2) is 0 Å². The summed E-state index contributed by atoms with van der Waals surface area (Å²) in [7, 11) is 1.91. The first-order valence-corrected chi connectivity index (χ1v) is 7.03. The smallest absolute Gasteiger partial charge is 0.241 e. The highest BCUT2D eigenvalue weighted by Gasteiger charge is 2.32. The van der Waals surface area contributed by atoms with Crippen LogP contribution in [0.15, 0.2) is 30.3 Å². The van der Waals surface area contributed by atoms with Gasteiger partial charge in [0.1, 0.15) is 11.8 Å². The lowest BCUT2D eigenvalue weighted by atomic mass is 10.1. The number of nitrogens with two attached hydrogens (primary N) is 1. The van der Waals surface area contributed by atoms with Gasteiger partial charge in [0.05, 0.1) is 13.0 Å². The van der Waals surface area contributed by atoms with Crippen molar-refractivity contribution in [2.75, 3.05) is 33.3 Å². The molecule has 1 saturated heterocycles. The van der Waals surface area contributed by atoms with Crippen LogP contribution < -0.4 is 10.5 Å². The molecule has 0 bridgehead atoms. The van der Waals surface area contributed by atoms with Crippen LogP contribution in [0.25, 0.3) is 0 Å². The van der Waals surface area contributed by atoms with Crippen LogP contribution in [0.5, 0.6) is 5.75 Å². The van der Waals surface area contributed by atoms with E-state index in [-0.39, 0.29) is 12.3 Å². The number of amides is 2. The molecule has 114 valence electrons. The van der Waals surface area contributed by atoms with E-state index >= 15 is 0 Å². The third kappa shape index (κ3) is 4.19. The van der Waals surface area contributed by atoms with E-state index in [1.165, 1.54) is 0 Å². The van der Waals surface area contributed by atoms with Crippen LogP contribution in [0.3, 0.4) is 0 Å². The molecule has 21 heavy (non-hydrogen) atoms. The summed E-state index contributed by atoms with van der Waals surface area (Å²) in [6, 6.07) is 8.79. The summed E-state index contributed by atoms with van der Waals surface area (Å²) in [6.45, 7) is 2.05. The Balaban J connectivity index is 1.85. The third-order valence-corrected chi connectivity index (χ3v) is 3.56. The molecular weight excluding hydrogens is 270 g/mol. The maximum absolute atomic E-state index is 12.2. The fourth-order valence-electron chi connectivity index (χ4n) is 2.38. The third-order valence-electron chi connectivity index (χ3n) is 3.56. The monoisotopic (exact) mass is 291 g/mol. The number of benzene rings is 1. The normalized spacial score (nSPS) is 19.3. The first-order chi connectivity index (χ1) is 10.1. The van der Waals surface area contributed by atoms with Gasteiger partial charge in [-0.1, -0.05) is 18.2 Å². The molecule has 0 unspecified atom stereocenters. The van der Waals surface area contributed by atoms with Crippen molar-refractivity contribution in [3.8, 4) is 5.75 Å². The maximum Gasteiger partial charge on any atom is 0.241 e. The SMILES string of the molecule is CN1CCN(C(=O)CCOc2ccccc2)[C@H](C(N)=O)C1. The molecule has 0 spiro atoms. The number of carbonyl (C=O) groups is 2. The zero-order chi connectivity index (χ0) is 15.2. The Morgan fingerprint density at radius 1 is 1.29 bits per heavy atom. The lowest BCUT2D eigenvalue weighted by molar-refractivity contribution is -0.142. The van der Waals surface area contributed by atoms with Crippen molar-refractivity contribution in [1.29, 1.82) is 0 Å². The van der Waals surface area contributed by atoms with E-state index in [4.69, 9.17) is 10.5 Å². The molecule has 6 heteroatoms. The standard InChI is InChI=1S/C15H21N3O3/c1-17-8-9-18(13(11-17)15(16)20)14(19)7-10-21-12-5-3-2-4-6-12/h2-6,13H,7-11H2,1H3,(H2,16,20)/t13-/m0/s1. The number of nitrogens with zero attached hydrogens (tertiary/aromatic N) is 2. The molecule has 1 fully saturated rings. The Morgan fingerprint density at radius 3 is 2.67 bits per heavy atom. The first-order valence-electron chi connectivity index (χ1n) is 7.03. The number of ether oxygens (including phenoxy) is 1. The van der Waals surface area contributed by atoms with Crippen LogP contribution in [-0.4, -0.2) is 60.9 Å². The van der Waals surface area contributed by atoms with Crippen molar-refractivity contribution < 1.29 is 14.3 Å². The topological polar surface area (TPSA) is 75.9 Å². The number of carbonyl (C=O) groups excluding carboxylic acids is 2. The van der Waals surface area contributed by atoms with Crippen LogP contribution in [0, 0.1) is 0 Å². The van der Waals surface area contributed by atoms with Gasteiger partial charge in [-0.3, -0.25) is 9.59 Å². The van der Waals surface area contributed by atoms with Gasteiger partial charge in [-0.15, -0.1) is 0 Å². The lowest BCUT2D eigenvalue weighted by Crippen LogP contribution is -2.59. The molecule has 2 amide bonds. The van der Waals surface area contributed by atoms with Crippen LogP contribution in [-0.2, 0) is 9.59 Å². The summed E-state index contributed by atoms with van der Waals surface area (Å²) in [6.07, 6.45) is 0.238. The van der Waals surface area contributed by atoms with Crippen molar-refractivity contribution in [2.24, 2.45) is 5.73 Å². The minimum Gasteiger partial charge on any atom is -0.493 e. The van der Waals surface area contributed by atoms with E-state index in [0.29, 0.717) is 19.7 Å². The molecular formula is C15H21N3O3. The number of para-hydroxylation sites is 1. The van der Waals surface area contributed by atoms with Crippen molar-refractivity contribution >= 4 is 11.8 Å². The van der Waals surface area contributed by atoms with Gasteiger partial charge in [0.2, 0.25) is 11.8 Å². The zero-order valence-electron chi connectivity index (χ0n) is 12.2. The highest BCUT2D eigenvalue weighted by molar-refractivity contribution is 5.87. The Kier molecular flexibility index (Phi) is 5.16. The van der Waals surface area contributed by atoms with E-state index in [2.05, 4.69) is 0 Å². The molecule has 1 aliphatic rings. The van der Waals surface area contributed by atoms with Crippen LogP contribution >= 0.6 is 0 Å². The van der Waals surface area contributed by atoms with Gasteiger partial charge in [-0.05, 0) is 19.2 Å². The number of likely N-dealkylation sites (N-methyl/N-ethyl adjacent to an activating group) is 1. The van der Waals surface area contributed by atoms with Crippen molar-refractivity contribution in [3.05, 3.63) is 30.3 Å². The van der Waals surface area contributed by atoms with Gasteiger partial charge in [0, 0.05) is 19.6 Å². The molecule has 6 nitrogen and oxygen atoms in total. The molecule has 1 aliphatic heterocycles. The summed E-state index contributed by atoms with van der Waals surface area (Å²) in [4.78, 5) is 27.3. The van der Waals surface area contributed by atoms with Crippen LogP contribution in [0.4, 0.5) is 0 Å². The molecule has 0 saturated carbocycles. The second-order valence-corrected chi connectivity index (χ2v) is 5.18. The lowest BCUT2D eigenvalue weighted by Gasteiger charge is -2.38. The van der Waals surface area contributed by atoms with E-state index in [1.807, 2.05) is 42.3 Å². The summed E-state index contributed by atoms with van der Waals surface area (Å²) in [5, 5.41) is 0. The minimum atomic E-state index is -0.548. The largest absolute Gasteiger partial charge is 0.493 e. The minimum absolute atomic E-state index is 0.0946. The molecule has 0 radical (unpaired) electrons. The Morgan fingerprint density at radius 2 is 2.00 bits per heavy atom. The first kappa shape index (κ1) is 15.3. The fourth-order valence-corrected chi connectivity index (χ4v) is 2.38. The van der Waals surface area contributed by atoms with Crippen molar-refractivity contribution in [1.82, 2.24) is 9.80 Å². The van der Waals surface area contributed by atoms with Gasteiger partial charge < -0.3 is 20.3 Å². The molecule has 1 aromatic rings. The molecule has 1 heterocycles. The number of piperazine rings is 1. The van der Waals surface area contributed by atoms with Gasteiger partial charge in [-0.2, -0.15) is 0 Å². The van der Waals surface area contributed by atoms with Crippen LogP contribution in [0.1, 0.15) is 6.42 Å². The van der Waals surface area contributed by atoms with Crippen LogP contribution in [0.2, 0.25) is 0 Å². The highest BCUT2D eigenvalue weighted by atomic mass is 16.5. The molecule has 2 rings (SSSR count). The quantitative estimate of drug-likeness (QED) is 0.834. The summed E-state index contributed by atoms with van der Waals surface area (Å²) in [5.74, 6) is 0.178. The van der Waals surface area contributed by atoms with E-state index < -0.39 is 11.9 Å². The van der Waals surface area contributed by atoms with Gasteiger partial charge in [-0.25, -0.2) is 0 Å². The number of rotatable bonds is 5. The zero-order valence-corrected chi connectivity index (χ0v) is 12.2. The van der Waals surface area contributed by atoms with E-state index in [1.54, 1.807) is 4.90 Å². The Bertz CT molecular complexity index is 492. The predicted octanol–water partition coefficient (Wildman–Crippen LogP) is 0.0834. The Labute approximate surface area is 124 Å². The van der Waals surface area contributed by atoms with E-state index in [9.17, 15) is 9.59 Å². The Hall–Kier alpha value is -2.08. The number of primary amides is 1. The van der Waals surface area contributed by atoms with E-state index in [0.717, 1.165) is 12.3 Å². The van der Waals surface area contributed by atoms with Gasteiger partial charge >= 0.3 is 0 Å². The molecule has 1 aromatic carbocycles. The number of hydrogen-bond donors (Lipinski definition) is 1. The fraction of sp³-hybridized carbons (Fsp3) is 0.467. The van der Waals surface area contributed by atoms with Crippen molar-refractivity contribution in [3.63, 3.8) is 0 Å². The van der Waals surface area contributed by atoms with Gasteiger partial charge in [0.25, 0.3) is 0 Å². The molecule has 2 N–H and O–H groups in total. The summed E-state index contributed by atoms with van der Waals surface area (Å²) >= 11 is 0. The maximum atomic E-state index is 12.2. The molecule has 0 aliphatic carbocycles. The predicted molar refractivity (Wildman–Crippen MR) is 78.7 cm³/mol. The average Bonchev–Trinajstić information content (AvgIpc) is 2.48. The number of hydrogen-bond acceptors (Lipinski definition) is 4. The van der Waals surface area contributed by atoms with Crippen molar-refractivity contribution in [2.45, 2.75) is 12.5 Å². The second-order valence-electron chi connectivity index (χ2n) is 5.18. The summed E-state index contributed by atoms with van der Waals surface area (Å²) < 4.78 is 5.51. The molecule has 0 aromatic heterocycles. The summed E-state index contributed by atoms with van der Waals surface area (Å²) in [5.41, 5.74) is 5.39. The second kappa shape index (κ2) is 7.08. The highest BCUT2D eigenvalue weighted by Crippen LogP contribution is 2.12. The molecule has 1 atom stereocenters.